The van der Waals surface area contributed by atoms with Gasteiger partial charge in [0.15, 0.2) is 5.78 Å². The van der Waals surface area contributed by atoms with Gasteiger partial charge in [0, 0.05) is 11.8 Å². The highest BCUT2D eigenvalue weighted by molar-refractivity contribution is 6.04. The molecule has 1 aromatic rings. The van der Waals surface area contributed by atoms with E-state index in [0.717, 1.165) is 5.56 Å². The molecule has 1 fully saturated rings. The number of rotatable bonds is 3. The summed E-state index contributed by atoms with van der Waals surface area (Å²) in [5.41, 5.74) is 1.67. The quantitative estimate of drug-likeness (QED) is 0.613. The van der Waals surface area contributed by atoms with E-state index in [1.54, 1.807) is 6.08 Å². The predicted octanol–water partition coefficient (Wildman–Crippen LogP) is 1.67. The van der Waals surface area contributed by atoms with Crippen molar-refractivity contribution in [2.45, 2.75) is 6.42 Å². The maximum atomic E-state index is 11.4. The molecule has 0 spiro atoms. The first-order chi connectivity index (χ1) is 7.74. The van der Waals surface area contributed by atoms with E-state index in [4.69, 9.17) is 0 Å². The molecule has 3 nitrogen and oxygen atoms in total. The third kappa shape index (κ3) is 2.67. The second-order valence-electron chi connectivity index (χ2n) is 3.54. The van der Waals surface area contributed by atoms with Crippen LogP contribution in [0.5, 0.6) is 0 Å². The number of hydrogen-bond acceptors (Lipinski definition) is 2. The van der Waals surface area contributed by atoms with E-state index < -0.39 is 0 Å². The van der Waals surface area contributed by atoms with Crippen LogP contribution in [0.15, 0.2) is 48.2 Å². The number of allylic oxidation sites excluding steroid dienone is 2. The minimum Gasteiger partial charge on any atom is -0.329 e. The lowest BCUT2D eigenvalue weighted by molar-refractivity contribution is -0.123. The number of β-lactam (4-membered cyclic amide) rings is 1. The van der Waals surface area contributed by atoms with Crippen molar-refractivity contribution in [3.05, 3.63) is 53.7 Å². The lowest BCUT2D eigenvalue weighted by atomic mass is 10.1. The van der Waals surface area contributed by atoms with Gasteiger partial charge >= 0.3 is 0 Å². The molecule has 1 amide bonds. The molecule has 0 bridgehead atoms. The number of nitrogens with one attached hydrogen (secondary N) is 1. The summed E-state index contributed by atoms with van der Waals surface area (Å²) in [6.07, 6.45) is 5.03. The Bertz CT molecular complexity index is 462. The van der Waals surface area contributed by atoms with E-state index in [1.807, 2.05) is 30.3 Å². The molecule has 80 valence electrons. The Labute approximate surface area is 93.5 Å². The second kappa shape index (κ2) is 4.57. The Hall–Kier alpha value is -2.16. The van der Waals surface area contributed by atoms with E-state index in [9.17, 15) is 9.59 Å². The molecule has 1 aromatic carbocycles. The van der Waals surface area contributed by atoms with Crippen molar-refractivity contribution in [1.82, 2.24) is 5.32 Å². The molecule has 0 unspecified atom stereocenters. The fourth-order valence-electron chi connectivity index (χ4n) is 1.38. The van der Waals surface area contributed by atoms with Gasteiger partial charge in [0.1, 0.15) is 0 Å². The zero-order valence-electron chi connectivity index (χ0n) is 8.64. The van der Waals surface area contributed by atoms with Crippen molar-refractivity contribution in [3.8, 4) is 0 Å². The van der Waals surface area contributed by atoms with Crippen LogP contribution in [-0.2, 0) is 9.59 Å². The summed E-state index contributed by atoms with van der Waals surface area (Å²) in [5.74, 6) is -0.148. The molecule has 0 aliphatic carbocycles. The molecular formula is C13H11NO2. The number of carbonyl (C=O) groups excluding carboxylic acids is 2. The lowest BCUT2D eigenvalue weighted by Gasteiger charge is -2.16. The second-order valence-corrected chi connectivity index (χ2v) is 3.54. The molecular weight excluding hydrogens is 202 g/mol. The van der Waals surface area contributed by atoms with Gasteiger partial charge in [0.05, 0.1) is 6.42 Å². The summed E-state index contributed by atoms with van der Waals surface area (Å²) in [7, 11) is 0. The number of ketones is 1. The summed E-state index contributed by atoms with van der Waals surface area (Å²) >= 11 is 0. The Morgan fingerprint density at radius 2 is 1.94 bits per heavy atom. The maximum absolute atomic E-state index is 11.4. The van der Waals surface area contributed by atoms with Crippen molar-refractivity contribution >= 4 is 17.8 Å². The fraction of sp³-hybridized carbons (Fsp3) is 0.0769. The van der Waals surface area contributed by atoms with Crippen molar-refractivity contribution in [2.24, 2.45) is 0 Å². The minimum atomic E-state index is -0.112. The standard InChI is InChI=1S/C13H11NO2/c15-12(8-11-9-13(16)14-11)7-6-10-4-2-1-3-5-10/h1-8H,9H2,(H,14,16). The third-order valence-electron chi connectivity index (χ3n) is 2.21. The number of carbonyl (C=O) groups is 2. The van der Waals surface area contributed by atoms with E-state index >= 15 is 0 Å². The summed E-state index contributed by atoms with van der Waals surface area (Å²) in [6.45, 7) is 0. The van der Waals surface area contributed by atoms with Gasteiger partial charge in [-0.05, 0) is 11.6 Å². The Morgan fingerprint density at radius 3 is 2.56 bits per heavy atom. The average molecular weight is 213 g/mol. The van der Waals surface area contributed by atoms with E-state index in [1.165, 1.54) is 12.2 Å². The van der Waals surface area contributed by atoms with Crippen LogP contribution in [-0.4, -0.2) is 11.7 Å². The van der Waals surface area contributed by atoms with E-state index in [0.29, 0.717) is 12.1 Å². The summed E-state index contributed by atoms with van der Waals surface area (Å²) in [6, 6.07) is 9.58. The van der Waals surface area contributed by atoms with Gasteiger partial charge in [-0.15, -0.1) is 0 Å². The molecule has 1 heterocycles. The maximum Gasteiger partial charge on any atom is 0.230 e. The molecule has 0 atom stereocenters. The molecule has 16 heavy (non-hydrogen) atoms. The predicted molar refractivity (Wildman–Crippen MR) is 61.3 cm³/mol. The Kier molecular flexibility index (Phi) is 2.96. The number of amides is 1. The van der Waals surface area contributed by atoms with Gasteiger partial charge in [-0.3, -0.25) is 9.59 Å². The van der Waals surface area contributed by atoms with Crippen molar-refractivity contribution in [1.29, 1.82) is 0 Å². The van der Waals surface area contributed by atoms with Crippen LogP contribution in [0.3, 0.4) is 0 Å². The van der Waals surface area contributed by atoms with Crippen molar-refractivity contribution < 1.29 is 9.59 Å². The van der Waals surface area contributed by atoms with Crippen molar-refractivity contribution in [3.63, 3.8) is 0 Å². The molecule has 2 rings (SSSR count). The topological polar surface area (TPSA) is 46.2 Å². The Balaban J connectivity index is 1.95. The first kappa shape index (κ1) is 10.4. The van der Waals surface area contributed by atoms with Crippen LogP contribution in [0, 0.1) is 0 Å². The largest absolute Gasteiger partial charge is 0.329 e. The molecule has 3 heteroatoms. The van der Waals surface area contributed by atoms with Crippen LogP contribution in [0.1, 0.15) is 12.0 Å². The summed E-state index contributed by atoms with van der Waals surface area (Å²) < 4.78 is 0. The van der Waals surface area contributed by atoms with Gasteiger partial charge in [-0.2, -0.15) is 0 Å². The third-order valence-corrected chi connectivity index (χ3v) is 2.21. The molecule has 1 saturated heterocycles. The fourth-order valence-corrected chi connectivity index (χ4v) is 1.38. The first-order valence-electron chi connectivity index (χ1n) is 5.01. The monoisotopic (exact) mass is 213 g/mol. The Morgan fingerprint density at radius 1 is 1.25 bits per heavy atom. The molecule has 0 aromatic heterocycles. The summed E-state index contributed by atoms with van der Waals surface area (Å²) in [5, 5.41) is 2.54. The highest BCUT2D eigenvalue weighted by Gasteiger charge is 2.17. The SMILES string of the molecule is O=C(C=Cc1ccccc1)C=C1CC(=O)N1. The van der Waals surface area contributed by atoms with Crippen LogP contribution in [0.2, 0.25) is 0 Å². The highest BCUT2D eigenvalue weighted by Crippen LogP contribution is 2.08. The van der Waals surface area contributed by atoms with Crippen LogP contribution in [0.25, 0.3) is 6.08 Å². The van der Waals surface area contributed by atoms with Gasteiger partial charge in [0.25, 0.3) is 0 Å². The molecule has 1 aliphatic rings. The van der Waals surface area contributed by atoms with Crippen molar-refractivity contribution in [2.75, 3.05) is 0 Å². The lowest BCUT2D eigenvalue weighted by Crippen LogP contribution is -2.35. The normalized spacial score (nSPS) is 17.2. The van der Waals surface area contributed by atoms with Crippen LogP contribution < -0.4 is 5.32 Å². The number of hydrogen-bond donors (Lipinski definition) is 1. The summed E-state index contributed by atoms with van der Waals surface area (Å²) in [4.78, 5) is 22.0. The molecule has 0 radical (unpaired) electrons. The average Bonchev–Trinajstić information content (AvgIpc) is 2.26. The van der Waals surface area contributed by atoms with Gasteiger partial charge in [0.2, 0.25) is 5.91 Å². The zero-order valence-corrected chi connectivity index (χ0v) is 8.64. The highest BCUT2D eigenvalue weighted by atomic mass is 16.2. The molecule has 1 N–H and O–H groups in total. The zero-order chi connectivity index (χ0) is 11.4. The first-order valence-corrected chi connectivity index (χ1v) is 5.01. The van der Waals surface area contributed by atoms with E-state index in [2.05, 4.69) is 5.32 Å². The van der Waals surface area contributed by atoms with Crippen LogP contribution >= 0.6 is 0 Å². The number of benzene rings is 1. The van der Waals surface area contributed by atoms with Gasteiger partial charge < -0.3 is 5.32 Å². The van der Waals surface area contributed by atoms with Gasteiger partial charge in [-0.1, -0.05) is 36.4 Å². The van der Waals surface area contributed by atoms with Crippen LogP contribution in [0.4, 0.5) is 0 Å². The molecule has 1 aliphatic heterocycles. The molecule has 0 saturated carbocycles. The van der Waals surface area contributed by atoms with E-state index in [-0.39, 0.29) is 11.7 Å². The van der Waals surface area contributed by atoms with Gasteiger partial charge in [-0.25, -0.2) is 0 Å². The minimum absolute atomic E-state index is 0.0360. The smallest absolute Gasteiger partial charge is 0.230 e.